The molecule has 0 saturated carbocycles. The quantitative estimate of drug-likeness (QED) is 0.662. The lowest BCUT2D eigenvalue weighted by Gasteiger charge is -2.46. The molecule has 0 radical (unpaired) electrons. The van der Waals surface area contributed by atoms with E-state index in [1.54, 1.807) is 0 Å². The van der Waals surface area contributed by atoms with E-state index in [0.29, 0.717) is 0 Å². The van der Waals surface area contributed by atoms with Crippen LogP contribution in [0.1, 0.15) is 31.7 Å². The zero-order valence-electron chi connectivity index (χ0n) is 14.5. The first kappa shape index (κ1) is 18.7. The molecule has 2 aliphatic heterocycles. The number of hydrogen-bond acceptors (Lipinski definition) is 4. The van der Waals surface area contributed by atoms with Crippen molar-refractivity contribution in [2.75, 3.05) is 32.7 Å². The normalized spacial score (nSPS) is 24.0. The van der Waals surface area contributed by atoms with E-state index in [1.807, 2.05) is 0 Å². The molecule has 2 fully saturated rings. The van der Waals surface area contributed by atoms with Crippen molar-refractivity contribution in [2.45, 2.75) is 32.7 Å². The maximum Gasteiger partial charge on any atom is 0.291 e. The van der Waals surface area contributed by atoms with Crippen LogP contribution in [0.4, 0.5) is 0 Å². The van der Waals surface area contributed by atoms with Gasteiger partial charge in [-0.05, 0) is 36.8 Å². The van der Waals surface area contributed by atoms with E-state index in [2.05, 4.69) is 47.1 Å². The Hall–Kier alpha value is -1.66. The summed E-state index contributed by atoms with van der Waals surface area (Å²) in [5, 5.41) is 13.6. The molecule has 6 heteroatoms. The second-order valence-corrected chi connectivity index (χ2v) is 7.00. The topological polar surface area (TPSA) is 69.9 Å². The van der Waals surface area contributed by atoms with E-state index in [-0.39, 0.29) is 0 Å². The van der Waals surface area contributed by atoms with Gasteiger partial charge in [-0.3, -0.25) is 4.90 Å². The fraction of sp³-hybridized carbons (Fsp3) is 0.667. The Morgan fingerprint density at radius 2 is 1.67 bits per heavy atom. The second kappa shape index (κ2) is 9.59. The summed E-state index contributed by atoms with van der Waals surface area (Å²) in [4.78, 5) is 13.8. The van der Waals surface area contributed by atoms with E-state index in [1.165, 1.54) is 57.5 Å². The molecule has 1 aromatic carbocycles. The lowest BCUT2D eigenvalue weighted by molar-refractivity contribution is -0.742. The maximum absolute atomic E-state index is 8.36. The first-order chi connectivity index (χ1) is 11.6. The number of rotatable bonds is 5. The Morgan fingerprint density at radius 3 is 2.21 bits per heavy atom. The minimum atomic E-state index is -1.50. The molecule has 1 aromatic rings. The zero-order valence-corrected chi connectivity index (χ0v) is 14.5. The van der Waals surface area contributed by atoms with Crippen molar-refractivity contribution in [1.29, 1.82) is 0 Å². The Labute approximate surface area is 144 Å². The van der Waals surface area contributed by atoms with Gasteiger partial charge in [0.05, 0.1) is 0 Å². The van der Waals surface area contributed by atoms with Crippen molar-refractivity contribution in [1.82, 2.24) is 9.80 Å². The van der Waals surface area contributed by atoms with Crippen molar-refractivity contribution in [3.05, 3.63) is 46.0 Å². The molecule has 24 heavy (non-hydrogen) atoms. The van der Waals surface area contributed by atoms with Crippen LogP contribution in [0.2, 0.25) is 0 Å². The molecule has 2 atom stereocenters. The van der Waals surface area contributed by atoms with Crippen molar-refractivity contribution >= 4 is 0 Å². The summed E-state index contributed by atoms with van der Waals surface area (Å²) in [5.41, 5.74) is 1.47. The minimum Gasteiger partial charge on any atom is -0.328 e. The number of hydrogen-bond donors (Lipinski definition) is 1. The molecule has 6 nitrogen and oxygen atoms in total. The van der Waals surface area contributed by atoms with Crippen LogP contribution in [0.25, 0.3) is 0 Å². The van der Waals surface area contributed by atoms with Gasteiger partial charge >= 0.3 is 0 Å². The van der Waals surface area contributed by atoms with Gasteiger partial charge in [-0.15, -0.1) is 10.1 Å². The fourth-order valence-electron chi connectivity index (χ4n) is 4.03. The highest BCUT2D eigenvalue weighted by Gasteiger charge is 2.33. The number of fused-ring (bicyclic) bond motifs is 2. The van der Waals surface area contributed by atoms with Crippen LogP contribution in [0.15, 0.2) is 30.3 Å². The molecular formula is C18H29N3O3. The predicted molar refractivity (Wildman–Crippen MR) is 93.4 cm³/mol. The highest BCUT2D eigenvalue weighted by molar-refractivity contribution is 5.14. The van der Waals surface area contributed by atoms with E-state index < -0.39 is 5.09 Å². The van der Waals surface area contributed by atoms with Crippen LogP contribution in [-0.2, 0) is 6.54 Å². The van der Waals surface area contributed by atoms with Crippen LogP contribution in [0, 0.1) is 22.0 Å². The Bertz CT molecular complexity index is 480. The van der Waals surface area contributed by atoms with E-state index in [4.69, 9.17) is 15.3 Å². The molecule has 2 aliphatic rings. The number of likely N-dealkylation sites (tertiary alicyclic amines) is 2. The Kier molecular flexibility index (Phi) is 7.46. The van der Waals surface area contributed by atoms with Gasteiger partial charge in [0.15, 0.2) is 0 Å². The van der Waals surface area contributed by atoms with Crippen LogP contribution in [0.5, 0.6) is 0 Å². The number of nitrogens with zero attached hydrogens (tertiary/aromatic N) is 3. The van der Waals surface area contributed by atoms with Gasteiger partial charge in [0.2, 0.25) is 0 Å². The monoisotopic (exact) mass is 335 g/mol. The smallest absolute Gasteiger partial charge is 0.291 e. The molecule has 0 aromatic heterocycles. The molecule has 2 saturated heterocycles. The lowest BCUT2D eigenvalue weighted by atomic mass is 9.84. The third kappa shape index (κ3) is 6.45. The summed E-state index contributed by atoms with van der Waals surface area (Å²) in [6.07, 6.45) is 4.16. The number of unbranched alkanes of at least 4 members (excludes halogenated alkanes) is 1. The summed E-state index contributed by atoms with van der Waals surface area (Å²) in [6, 6.07) is 11.0. The first-order valence-electron chi connectivity index (χ1n) is 8.88. The fourth-order valence-corrected chi connectivity index (χ4v) is 4.03. The molecule has 0 aliphatic carbocycles. The van der Waals surface area contributed by atoms with Crippen molar-refractivity contribution in [3.8, 4) is 0 Å². The van der Waals surface area contributed by atoms with Crippen LogP contribution < -0.4 is 0 Å². The van der Waals surface area contributed by atoms with Gasteiger partial charge in [-0.2, -0.15) is 0 Å². The number of piperidine rings is 2. The van der Waals surface area contributed by atoms with Gasteiger partial charge < -0.3 is 10.1 Å². The van der Waals surface area contributed by atoms with Crippen molar-refractivity contribution in [2.24, 2.45) is 11.8 Å². The van der Waals surface area contributed by atoms with Crippen molar-refractivity contribution in [3.63, 3.8) is 0 Å². The third-order valence-corrected chi connectivity index (χ3v) is 4.81. The molecule has 134 valence electrons. The largest absolute Gasteiger partial charge is 0.328 e. The van der Waals surface area contributed by atoms with E-state index in [9.17, 15) is 0 Å². The van der Waals surface area contributed by atoms with Gasteiger partial charge in [0.25, 0.3) is 5.09 Å². The molecule has 2 heterocycles. The summed E-state index contributed by atoms with van der Waals surface area (Å²) >= 11 is 0. The van der Waals surface area contributed by atoms with Gasteiger partial charge in [-0.25, -0.2) is 0 Å². The molecule has 2 bridgehead atoms. The van der Waals surface area contributed by atoms with Crippen LogP contribution in [-0.4, -0.2) is 52.8 Å². The molecule has 0 amide bonds. The maximum atomic E-state index is 8.36. The molecule has 1 N–H and O–H groups in total. The van der Waals surface area contributed by atoms with Gasteiger partial charge in [0.1, 0.15) is 0 Å². The molecule has 3 rings (SSSR count). The molecular weight excluding hydrogens is 306 g/mol. The number of benzene rings is 1. The van der Waals surface area contributed by atoms with Gasteiger partial charge in [0, 0.05) is 32.7 Å². The minimum absolute atomic E-state index is 0.906. The average Bonchev–Trinajstić information content (AvgIpc) is 2.52. The van der Waals surface area contributed by atoms with Gasteiger partial charge in [-0.1, -0.05) is 43.7 Å². The van der Waals surface area contributed by atoms with E-state index in [0.717, 1.165) is 18.4 Å². The Balaban J connectivity index is 0.000000471. The second-order valence-electron chi connectivity index (χ2n) is 7.00. The van der Waals surface area contributed by atoms with Crippen LogP contribution >= 0.6 is 0 Å². The SMILES string of the molecule is CCCCN1CC2CC(C1)CN(Cc1ccccc1)C2.O=[N+]([O-])O. The summed E-state index contributed by atoms with van der Waals surface area (Å²) in [5.74, 6) is 1.81. The molecule has 2 unspecified atom stereocenters. The highest BCUT2D eigenvalue weighted by Crippen LogP contribution is 2.29. The first-order valence-corrected chi connectivity index (χ1v) is 8.88. The summed E-state index contributed by atoms with van der Waals surface area (Å²) in [6.45, 7) is 10.0. The standard InChI is InChI=1S/C18H28N2.HNO3/c1-2-3-9-19-12-17-10-18(13-19)15-20(14-17)11-16-7-5-4-6-8-16;2-1(3)4/h4-8,17-18H,2-3,9-15H2,1H3;(H,2,3,4). The zero-order chi connectivity index (χ0) is 17.4. The predicted octanol–water partition coefficient (Wildman–Crippen LogP) is 2.89. The van der Waals surface area contributed by atoms with Crippen molar-refractivity contribution < 1.29 is 10.3 Å². The average molecular weight is 335 g/mol. The Morgan fingerprint density at radius 1 is 1.12 bits per heavy atom. The lowest BCUT2D eigenvalue weighted by Crippen LogP contribution is -2.52. The molecule has 0 spiro atoms. The summed E-state index contributed by atoms with van der Waals surface area (Å²) < 4.78 is 0. The summed E-state index contributed by atoms with van der Waals surface area (Å²) in [7, 11) is 0. The van der Waals surface area contributed by atoms with E-state index >= 15 is 0 Å². The third-order valence-electron chi connectivity index (χ3n) is 4.81. The van der Waals surface area contributed by atoms with Crippen LogP contribution in [0.3, 0.4) is 0 Å². The highest BCUT2D eigenvalue weighted by atomic mass is 16.9.